The second-order valence-electron chi connectivity index (χ2n) is 4.43. The summed E-state index contributed by atoms with van der Waals surface area (Å²) in [6.45, 7) is 4.66. The maximum Gasteiger partial charge on any atom is -0.0354 e. The van der Waals surface area contributed by atoms with Crippen LogP contribution in [-0.2, 0) is 0 Å². The van der Waals surface area contributed by atoms with E-state index in [9.17, 15) is 0 Å². The van der Waals surface area contributed by atoms with Crippen LogP contribution in [0.15, 0.2) is 0 Å². The van der Waals surface area contributed by atoms with Crippen molar-refractivity contribution >= 4 is 0 Å². The Morgan fingerprint density at radius 3 is 1.00 bits per heavy atom. The molecule has 0 bridgehead atoms. The molecule has 0 radical (unpaired) electrons. The molecule has 0 unspecified atom stereocenters. The Labute approximate surface area is 72.4 Å². The third-order valence-electron chi connectivity index (χ3n) is 2.71. The summed E-state index contributed by atoms with van der Waals surface area (Å²) < 4.78 is 0. The lowest BCUT2D eigenvalue weighted by Gasteiger charge is -2.33. The summed E-state index contributed by atoms with van der Waals surface area (Å²) in [4.78, 5) is 0. The van der Waals surface area contributed by atoms with E-state index in [1.165, 1.54) is 44.9 Å². The van der Waals surface area contributed by atoms with Gasteiger partial charge in [0.15, 0.2) is 0 Å². The Kier molecular flexibility index (Phi) is 4.79. The first kappa shape index (κ1) is 11.0. The van der Waals surface area contributed by atoms with E-state index in [4.69, 9.17) is 0 Å². The van der Waals surface area contributed by atoms with Gasteiger partial charge in [0, 0.05) is 0 Å². The van der Waals surface area contributed by atoms with Crippen molar-refractivity contribution in [2.45, 2.75) is 66.2 Å². The summed E-state index contributed by atoms with van der Waals surface area (Å²) in [5.74, 6) is 0. The Hall–Kier alpha value is 0. The van der Waals surface area contributed by atoms with Gasteiger partial charge in [-0.3, -0.25) is 0 Å². The van der Waals surface area contributed by atoms with Gasteiger partial charge in [-0.1, -0.05) is 53.4 Å². The van der Waals surface area contributed by atoms with Crippen LogP contribution >= 0.6 is 0 Å². The smallest absolute Gasteiger partial charge is 0.0354 e. The lowest BCUT2D eigenvalue weighted by atomic mass is 9.72. The average molecular weight is 156 g/mol. The third kappa shape index (κ3) is 4.44. The van der Waals surface area contributed by atoms with Crippen molar-refractivity contribution in [1.29, 1.82) is 0 Å². The van der Waals surface area contributed by atoms with E-state index in [2.05, 4.69) is 13.8 Å². The van der Waals surface area contributed by atoms with Crippen molar-refractivity contribution in [3.05, 3.63) is 0 Å². The number of hydrogen-bond acceptors (Lipinski definition) is 0. The van der Waals surface area contributed by atoms with Gasteiger partial charge in [-0.05, 0) is 18.3 Å². The molecule has 0 aliphatic heterocycles. The van der Waals surface area contributed by atoms with Crippen molar-refractivity contribution in [2.24, 2.45) is 5.41 Å². The van der Waals surface area contributed by atoms with Crippen LogP contribution in [0.1, 0.15) is 66.2 Å². The van der Waals surface area contributed by atoms with E-state index < -0.39 is 0 Å². The summed E-state index contributed by atoms with van der Waals surface area (Å²) in [6, 6.07) is 0. The van der Waals surface area contributed by atoms with Gasteiger partial charge in [-0.2, -0.15) is 0 Å². The molecule has 0 aromatic rings. The van der Waals surface area contributed by atoms with Crippen LogP contribution in [-0.4, -0.2) is 0 Å². The highest BCUT2D eigenvalue weighted by molar-refractivity contribution is 4.77. The normalized spacial score (nSPS) is 24.5. The van der Waals surface area contributed by atoms with Gasteiger partial charge < -0.3 is 0 Å². The highest BCUT2D eigenvalue weighted by atomic mass is 14.3. The maximum atomic E-state index is 2.33. The minimum Gasteiger partial charge on any atom is -0.0776 e. The molecule has 2 rings (SSSR count). The Bertz CT molecular complexity index is 78.2. The Morgan fingerprint density at radius 2 is 1.00 bits per heavy atom. The lowest BCUT2D eigenvalue weighted by Crippen LogP contribution is -2.20. The molecule has 0 amide bonds. The number of hydrogen-bond donors (Lipinski definition) is 0. The van der Waals surface area contributed by atoms with Gasteiger partial charge in [0.1, 0.15) is 0 Å². The first-order chi connectivity index (χ1) is 4.71. The summed E-state index contributed by atoms with van der Waals surface area (Å²) in [5, 5.41) is 0. The molecule has 68 valence electrons. The summed E-state index contributed by atoms with van der Waals surface area (Å²) in [5.41, 5.74) is 0.722. The van der Waals surface area contributed by atoms with E-state index in [1.54, 1.807) is 0 Å². The van der Waals surface area contributed by atoms with E-state index in [0.717, 1.165) is 5.41 Å². The van der Waals surface area contributed by atoms with Crippen molar-refractivity contribution in [3.63, 3.8) is 0 Å². The first-order valence-electron chi connectivity index (χ1n) is 4.71. The predicted molar refractivity (Wildman–Crippen MR) is 52.8 cm³/mol. The molecule has 0 saturated heterocycles. The second kappa shape index (κ2) is 4.79. The van der Waals surface area contributed by atoms with Crippen molar-refractivity contribution in [2.75, 3.05) is 0 Å². The lowest BCUT2D eigenvalue weighted by molar-refractivity contribution is 0.190. The summed E-state index contributed by atoms with van der Waals surface area (Å²) >= 11 is 0. The Balaban J connectivity index is 0.000000177. The summed E-state index contributed by atoms with van der Waals surface area (Å²) in [7, 11) is 0. The molecule has 0 aromatic carbocycles. The van der Waals surface area contributed by atoms with Crippen LogP contribution in [0.5, 0.6) is 0 Å². The second-order valence-corrected chi connectivity index (χ2v) is 4.43. The van der Waals surface area contributed by atoms with E-state index in [1.807, 2.05) is 0 Å². The molecule has 2 aliphatic rings. The third-order valence-corrected chi connectivity index (χ3v) is 2.71. The van der Waals surface area contributed by atoms with Crippen molar-refractivity contribution in [1.82, 2.24) is 0 Å². The fourth-order valence-corrected chi connectivity index (χ4v) is 1.13. The molecule has 0 spiro atoms. The fraction of sp³-hybridized carbons (Fsp3) is 1.00. The topological polar surface area (TPSA) is 0 Å². The van der Waals surface area contributed by atoms with Crippen LogP contribution in [0.25, 0.3) is 0 Å². The van der Waals surface area contributed by atoms with Crippen LogP contribution in [0.3, 0.4) is 0 Å². The minimum atomic E-state index is 0. The van der Waals surface area contributed by atoms with Gasteiger partial charge in [0.05, 0.1) is 0 Å². The van der Waals surface area contributed by atoms with Crippen molar-refractivity contribution < 1.29 is 0 Å². The standard InChI is InChI=1S/C6H12.C4H8.CH4/c1-6(2)4-3-5-6;1-2-4-3-1;/h3-5H2,1-2H3;1-4H2;1H4. The average Bonchev–Trinajstić information content (AvgIpc) is 1.57. The van der Waals surface area contributed by atoms with Crippen LogP contribution in [0.4, 0.5) is 0 Å². The molecular formula is C11H24. The first-order valence-corrected chi connectivity index (χ1v) is 4.71. The van der Waals surface area contributed by atoms with Gasteiger partial charge in [-0.15, -0.1) is 0 Å². The molecule has 0 N–H and O–H groups in total. The zero-order valence-electron chi connectivity index (χ0n) is 7.45. The van der Waals surface area contributed by atoms with Gasteiger partial charge in [0.25, 0.3) is 0 Å². The molecular weight excluding hydrogens is 132 g/mol. The molecule has 0 heteroatoms. The van der Waals surface area contributed by atoms with Gasteiger partial charge >= 0.3 is 0 Å². The highest BCUT2D eigenvalue weighted by Gasteiger charge is 2.24. The largest absolute Gasteiger partial charge is 0.0776 e. The van der Waals surface area contributed by atoms with Crippen LogP contribution in [0.2, 0.25) is 0 Å². The van der Waals surface area contributed by atoms with E-state index in [-0.39, 0.29) is 7.43 Å². The predicted octanol–water partition coefficient (Wildman–Crippen LogP) is 4.39. The van der Waals surface area contributed by atoms with Crippen molar-refractivity contribution in [3.8, 4) is 0 Å². The molecule has 0 atom stereocenters. The SMILES string of the molecule is C.C1CCC1.CC1(C)CCC1. The highest BCUT2D eigenvalue weighted by Crippen LogP contribution is 2.38. The number of rotatable bonds is 0. The molecule has 2 aliphatic carbocycles. The fourth-order valence-electron chi connectivity index (χ4n) is 1.13. The maximum absolute atomic E-state index is 2.33. The quantitative estimate of drug-likeness (QED) is 0.488. The molecule has 2 fully saturated rings. The molecule has 0 heterocycles. The monoisotopic (exact) mass is 156 g/mol. The zero-order chi connectivity index (χ0) is 7.45. The van der Waals surface area contributed by atoms with Crippen LogP contribution in [0, 0.1) is 5.41 Å². The van der Waals surface area contributed by atoms with Gasteiger partial charge in [-0.25, -0.2) is 0 Å². The molecule has 11 heavy (non-hydrogen) atoms. The minimum absolute atomic E-state index is 0. The Morgan fingerprint density at radius 1 is 0.727 bits per heavy atom. The van der Waals surface area contributed by atoms with Crippen LogP contribution < -0.4 is 0 Å². The summed E-state index contributed by atoms with van der Waals surface area (Å²) in [6.07, 6.45) is 10.4. The molecule has 0 nitrogen and oxygen atoms in total. The zero-order valence-corrected chi connectivity index (χ0v) is 7.45. The molecule has 2 saturated carbocycles. The molecule has 0 aromatic heterocycles. The van der Waals surface area contributed by atoms with Gasteiger partial charge in [0.2, 0.25) is 0 Å². The van der Waals surface area contributed by atoms with E-state index >= 15 is 0 Å². The van der Waals surface area contributed by atoms with E-state index in [0.29, 0.717) is 0 Å².